The Labute approximate surface area is 290 Å². The van der Waals surface area contributed by atoms with Crippen LogP contribution in [0.1, 0.15) is 35.6 Å². The summed E-state index contributed by atoms with van der Waals surface area (Å²) in [6.07, 6.45) is 0. The number of hydrogen-bond acceptors (Lipinski definition) is 1. The Hall–Kier alpha value is -5.24. The van der Waals surface area contributed by atoms with E-state index in [-0.39, 0.29) is 20.2 Å². The summed E-state index contributed by atoms with van der Waals surface area (Å²) >= 11 is 0.653. The monoisotopic (exact) mass is 588 g/mol. The van der Waals surface area contributed by atoms with Crippen LogP contribution in [0.25, 0.3) is 85.9 Å². The zero-order valence-electron chi connectivity index (χ0n) is 47.4. The van der Waals surface area contributed by atoms with Crippen LogP contribution >= 0.6 is 11.3 Å². The zero-order valence-corrected chi connectivity index (χ0v) is 22.2. The van der Waals surface area contributed by atoms with Gasteiger partial charge in [0.2, 0.25) is 0 Å². The Morgan fingerprint density at radius 2 is 0.791 bits per heavy atom. The Kier molecular flexibility index (Phi) is 2.23. The summed E-state index contributed by atoms with van der Waals surface area (Å²) in [6, 6.07) is -23.1. The predicted molar refractivity (Wildman–Crippen MR) is 188 cm³/mol. The average molecular weight is 589 g/mol. The molecule has 0 aliphatic carbocycles. The number of fused-ring (bicyclic) bond motifs is 6. The fourth-order valence-corrected chi connectivity index (χ4v) is 6.33. The van der Waals surface area contributed by atoms with Crippen molar-refractivity contribution in [3.05, 3.63) is 157 Å². The minimum Gasteiger partial charge on any atom is -0.135 e. The van der Waals surface area contributed by atoms with E-state index in [4.69, 9.17) is 23.3 Å². The molecule has 200 valence electrons. The first-order valence-corrected chi connectivity index (χ1v) is 13.5. The Balaban J connectivity index is 1.69. The van der Waals surface area contributed by atoms with Gasteiger partial charge in [-0.1, -0.05) is 145 Å². The van der Waals surface area contributed by atoms with Gasteiger partial charge in [-0.2, -0.15) is 0 Å². The second-order valence-electron chi connectivity index (χ2n) is 9.26. The Morgan fingerprint density at radius 1 is 0.326 bits per heavy atom. The molecular formula is C42H26S. The van der Waals surface area contributed by atoms with Gasteiger partial charge in [0.25, 0.3) is 0 Å². The van der Waals surface area contributed by atoms with Gasteiger partial charge in [-0.05, 0) is 77.8 Å². The van der Waals surface area contributed by atoms with Gasteiger partial charge in [-0.3, -0.25) is 0 Å². The number of hydrogen-bond donors (Lipinski definition) is 0. The van der Waals surface area contributed by atoms with Gasteiger partial charge in [-0.25, -0.2) is 0 Å². The molecule has 0 radical (unpaired) electrons. The topological polar surface area (TPSA) is 0 Å². The van der Waals surface area contributed by atoms with Gasteiger partial charge in [0, 0.05) is 20.2 Å². The third kappa shape index (κ3) is 3.69. The number of rotatable bonds is 3. The second kappa shape index (κ2) is 9.66. The first-order chi connectivity index (χ1) is 32.2. The summed E-state index contributed by atoms with van der Waals surface area (Å²) in [7, 11) is 0. The second-order valence-corrected chi connectivity index (χ2v) is 10.3. The Morgan fingerprint density at radius 3 is 1.44 bits per heavy atom. The van der Waals surface area contributed by atoms with Crippen LogP contribution in [0.2, 0.25) is 0 Å². The van der Waals surface area contributed by atoms with Gasteiger partial charge in [0.15, 0.2) is 0 Å². The molecule has 1 heteroatoms. The molecule has 0 aliphatic rings. The van der Waals surface area contributed by atoms with Gasteiger partial charge >= 0.3 is 0 Å². The molecule has 0 spiro atoms. The van der Waals surface area contributed by atoms with E-state index in [2.05, 4.69) is 0 Å². The molecule has 9 aromatic rings. The van der Waals surface area contributed by atoms with Crippen molar-refractivity contribution in [2.24, 2.45) is 0 Å². The molecule has 0 fully saturated rings. The third-order valence-electron chi connectivity index (χ3n) is 7.07. The summed E-state index contributed by atoms with van der Waals surface area (Å²) in [4.78, 5) is 0. The van der Waals surface area contributed by atoms with Gasteiger partial charge in [-0.15, -0.1) is 11.3 Å². The highest BCUT2D eigenvalue weighted by Crippen LogP contribution is 2.49. The molecule has 0 N–H and O–H groups in total. The molecule has 0 bridgehead atoms. The third-order valence-corrected chi connectivity index (χ3v) is 8.09. The van der Waals surface area contributed by atoms with Crippen molar-refractivity contribution >= 4 is 63.8 Å². The molecule has 43 heavy (non-hydrogen) atoms. The van der Waals surface area contributed by atoms with Gasteiger partial charge in [0.05, 0.1) is 35.6 Å². The lowest BCUT2D eigenvalue weighted by molar-refractivity contribution is 1.64. The maximum atomic E-state index is 9.72. The molecule has 8 aromatic carbocycles. The van der Waals surface area contributed by atoms with Crippen molar-refractivity contribution in [3.8, 4) is 33.4 Å². The predicted octanol–water partition coefficient (Wildman–Crippen LogP) is 12.5. The van der Waals surface area contributed by atoms with Crippen molar-refractivity contribution in [1.82, 2.24) is 0 Å². The maximum absolute atomic E-state index is 9.72. The molecule has 1 heterocycles. The standard InChI is InChI=1S/C42H26S/c1-2-13-27(14-3-1)28-25-26-35(30-16-5-4-15-29(28)30)40-31-17-6-8-19-33(31)41(34-20-9-7-18-32(34)40)37-22-12-24-39-42(37)36-21-10-11-23-38(36)43-39/h1-26H/i1D,2D,3D,4D,5D,6D,7D,8D,9D,10D,11D,12D,13D,14D,15D,16D,17D,18D,19D,20D,21D,22D,23D,24D,25D,26D. The van der Waals surface area contributed by atoms with Crippen LogP contribution in [0.3, 0.4) is 0 Å². The summed E-state index contributed by atoms with van der Waals surface area (Å²) < 4.78 is 233. The fourth-order valence-electron chi connectivity index (χ4n) is 5.36. The first-order valence-electron chi connectivity index (χ1n) is 25.7. The van der Waals surface area contributed by atoms with E-state index in [0.717, 1.165) is 0 Å². The molecule has 1 aromatic heterocycles. The van der Waals surface area contributed by atoms with Crippen LogP contribution < -0.4 is 0 Å². The van der Waals surface area contributed by atoms with Crippen LogP contribution in [0.15, 0.2) is 157 Å². The fraction of sp³-hybridized carbons (Fsp3) is 0. The lowest BCUT2D eigenvalue weighted by Crippen LogP contribution is -1.92. The highest BCUT2D eigenvalue weighted by atomic mass is 32.1. The molecule has 0 unspecified atom stereocenters. The minimum atomic E-state index is -1.06. The number of benzene rings is 8. The van der Waals surface area contributed by atoms with E-state index < -0.39 is 223 Å². The molecule has 0 amide bonds. The van der Waals surface area contributed by atoms with Crippen molar-refractivity contribution < 1.29 is 35.6 Å². The normalized spacial score (nSPS) is 20.2. The smallest absolute Gasteiger partial charge is 0.0638 e. The number of thiophene rings is 1. The van der Waals surface area contributed by atoms with Crippen molar-refractivity contribution in [2.75, 3.05) is 0 Å². The van der Waals surface area contributed by atoms with Crippen molar-refractivity contribution in [2.45, 2.75) is 0 Å². The van der Waals surface area contributed by atoms with Crippen LogP contribution in [-0.2, 0) is 0 Å². The van der Waals surface area contributed by atoms with E-state index in [1.807, 2.05) is 0 Å². The quantitative estimate of drug-likeness (QED) is 0.180. The highest BCUT2D eigenvalue weighted by molar-refractivity contribution is 7.25. The van der Waals surface area contributed by atoms with Crippen LogP contribution in [0.5, 0.6) is 0 Å². The minimum absolute atomic E-state index is 0.147. The molecule has 9 rings (SSSR count). The van der Waals surface area contributed by atoms with E-state index in [9.17, 15) is 12.3 Å². The highest BCUT2D eigenvalue weighted by Gasteiger charge is 2.20. The van der Waals surface area contributed by atoms with E-state index in [0.29, 0.717) is 11.3 Å². The lowest BCUT2D eigenvalue weighted by Gasteiger charge is -2.20. The van der Waals surface area contributed by atoms with Gasteiger partial charge < -0.3 is 0 Å². The van der Waals surface area contributed by atoms with Crippen molar-refractivity contribution in [1.29, 1.82) is 0 Å². The summed E-state index contributed by atoms with van der Waals surface area (Å²) in [5.74, 6) is 0. The van der Waals surface area contributed by atoms with E-state index in [1.165, 1.54) is 0 Å². The average Bonchev–Trinajstić information content (AvgIpc) is 3.73. The molecule has 0 nitrogen and oxygen atoms in total. The molecule has 0 saturated heterocycles. The summed E-state index contributed by atoms with van der Waals surface area (Å²) in [6.45, 7) is 0. The van der Waals surface area contributed by atoms with Crippen molar-refractivity contribution in [3.63, 3.8) is 0 Å². The van der Waals surface area contributed by atoms with Crippen LogP contribution in [0.4, 0.5) is 0 Å². The SMILES string of the molecule is [2H]c1c([2H])c([2H])c(-c2c([2H])c([2H])c(-c3c4c([2H])c([2H])c([2H])c([2H])c4c(-c4c([2H])c([2H])c([2H])c5sc6c([2H])c([2H])c([2H])c([2H])c6c45)c4c([2H])c([2H])c([2H])c([2H])c34)c3c([2H])c([2H])c([2H])c([2H])c23)c([2H])c1[2H]. The van der Waals surface area contributed by atoms with Crippen LogP contribution in [-0.4, -0.2) is 0 Å². The first kappa shape index (κ1) is 9.91. The van der Waals surface area contributed by atoms with Crippen LogP contribution in [0, 0.1) is 0 Å². The molecule has 0 aliphatic heterocycles. The molecule has 0 saturated carbocycles. The van der Waals surface area contributed by atoms with E-state index >= 15 is 0 Å². The molecular weight excluding hydrogens is 537 g/mol. The summed E-state index contributed by atoms with van der Waals surface area (Å²) in [5.41, 5.74) is -4.11. The summed E-state index contributed by atoms with van der Waals surface area (Å²) in [5, 5.41) is -4.79. The van der Waals surface area contributed by atoms with E-state index in [1.54, 1.807) is 0 Å². The molecule has 0 atom stereocenters. The Bertz CT molecular complexity index is 3860. The zero-order chi connectivity index (χ0) is 51.0. The lowest BCUT2D eigenvalue weighted by atomic mass is 9.83. The van der Waals surface area contributed by atoms with Gasteiger partial charge in [0.1, 0.15) is 0 Å². The maximum Gasteiger partial charge on any atom is 0.0638 e. The largest absolute Gasteiger partial charge is 0.135 e.